The van der Waals surface area contributed by atoms with Crippen molar-refractivity contribution in [2.24, 2.45) is 0 Å². The van der Waals surface area contributed by atoms with Gasteiger partial charge in [0.15, 0.2) is 0 Å². The zero-order valence-corrected chi connectivity index (χ0v) is 13.8. The number of nitrogens with one attached hydrogen (secondary N) is 1. The van der Waals surface area contributed by atoms with Crippen molar-refractivity contribution in [1.82, 2.24) is 9.62 Å². The van der Waals surface area contributed by atoms with Crippen LogP contribution in [-0.2, 0) is 19.5 Å². The molecule has 120 valence electrons. The lowest BCUT2D eigenvalue weighted by molar-refractivity contribution is 0.118. The summed E-state index contributed by atoms with van der Waals surface area (Å²) in [5, 5.41) is 2.83. The zero-order valence-electron chi connectivity index (χ0n) is 13.0. The summed E-state index contributed by atoms with van der Waals surface area (Å²) in [6, 6.07) is 0.319. The van der Waals surface area contributed by atoms with Crippen LogP contribution < -0.4 is 5.32 Å². The summed E-state index contributed by atoms with van der Waals surface area (Å²) in [7, 11) is -0.199. The van der Waals surface area contributed by atoms with Gasteiger partial charge in [-0.05, 0) is 26.7 Å². The Kier molecular flexibility index (Phi) is 7.39. The van der Waals surface area contributed by atoms with Crippen LogP contribution in [0, 0.1) is 0 Å². The van der Waals surface area contributed by atoms with Crippen LogP contribution in [0.4, 0.5) is 0 Å². The molecule has 1 rings (SSSR count). The Balaban J connectivity index is 2.67. The molecule has 1 aliphatic rings. The molecule has 0 saturated heterocycles. The molecule has 6 nitrogen and oxygen atoms in total. The van der Waals surface area contributed by atoms with Crippen molar-refractivity contribution in [3.8, 4) is 0 Å². The monoisotopic (exact) mass is 308 g/mol. The Labute approximate surface area is 122 Å². The summed E-state index contributed by atoms with van der Waals surface area (Å²) in [6.07, 6.45) is 2.31. The third-order valence-corrected chi connectivity index (χ3v) is 5.90. The molecule has 0 aromatic heterocycles. The van der Waals surface area contributed by atoms with E-state index < -0.39 is 15.3 Å². The number of nitrogens with zero attached hydrogens (tertiary/aromatic N) is 1. The van der Waals surface area contributed by atoms with Gasteiger partial charge < -0.3 is 14.8 Å². The zero-order chi connectivity index (χ0) is 15.2. The average Bonchev–Trinajstić information content (AvgIpc) is 3.20. The predicted molar refractivity (Wildman–Crippen MR) is 79.3 cm³/mol. The normalized spacial score (nSPS) is 19.2. The highest BCUT2D eigenvalue weighted by Gasteiger charge is 2.33. The van der Waals surface area contributed by atoms with Crippen molar-refractivity contribution < 1.29 is 17.9 Å². The van der Waals surface area contributed by atoms with Crippen LogP contribution in [0.5, 0.6) is 0 Å². The van der Waals surface area contributed by atoms with Gasteiger partial charge in [-0.2, -0.15) is 4.31 Å². The van der Waals surface area contributed by atoms with Gasteiger partial charge in [0.25, 0.3) is 0 Å². The molecular formula is C13H28N2O4S. The Morgan fingerprint density at radius 1 is 1.25 bits per heavy atom. The highest BCUT2D eigenvalue weighted by atomic mass is 32.2. The van der Waals surface area contributed by atoms with Crippen LogP contribution in [-0.4, -0.2) is 70.6 Å². The molecule has 1 fully saturated rings. The van der Waals surface area contributed by atoms with E-state index in [1.165, 1.54) is 4.31 Å². The Morgan fingerprint density at radius 2 is 1.90 bits per heavy atom. The molecule has 0 bridgehead atoms. The van der Waals surface area contributed by atoms with E-state index in [0.29, 0.717) is 32.3 Å². The van der Waals surface area contributed by atoms with E-state index in [4.69, 9.17) is 9.47 Å². The number of methoxy groups -OCH3 is 2. The highest BCUT2D eigenvalue weighted by Crippen LogP contribution is 2.20. The minimum Gasteiger partial charge on any atom is -0.383 e. The molecule has 2 atom stereocenters. The molecule has 7 heteroatoms. The first-order valence-corrected chi connectivity index (χ1v) is 8.65. The lowest BCUT2D eigenvalue weighted by Gasteiger charge is -2.30. The topological polar surface area (TPSA) is 67.9 Å². The van der Waals surface area contributed by atoms with Gasteiger partial charge in [0.1, 0.15) is 0 Å². The lowest BCUT2D eigenvalue weighted by atomic mass is 10.3. The van der Waals surface area contributed by atoms with E-state index >= 15 is 0 Å². The smallest absolute Gasteiger partial charge is 0.218 e. The minimum atomic E-state index is -3.35. The van der Waals surface area contributed by atoms with Crippen molar-refractivity contribution in [3.63, 3.8) is 0 Å². The van der Waals surface area contributed by atoms with E-state index in [0.717, 1.165) is 12.8 Å². The van der Waals surface area contributed by atoms with Crippen LogP contribution in [0.2, 0.25) is 0 Å². The molecule has 1 aliphatic carbocycles. The average molecular weight is 308 g/mol. The fourth-order valence-electron chi connectivity index (χ4n) is 2.06. The fourth-order valence-corrected chi connectivity index (χ4v) is 3.72. The minimum absolute atomic E-state index is 0.191. The first-order chi connectivity index (χ1) is 9.43. The van der Waals surface area contributed by atoms with Crippen molar-refractivity contribution >= 4 is 10.0 Å². The molecule has 0 amide bonds. The van der Waals surface area contributed by atoms with E-state index in [9.17, 15) is 8.42 Å². The molecule has 1 N–H and O–H groups in total. The maximum atomic E-state index is 12.7. The first kappa shape index (κ1) is 17.8. The molecule has 2 unspecified atom stereocenters. The summed E-state index contributed by atoms with van der Waals surface area (Å²) in [6.45, 7) is 5.23. The van der Waals surface area contributed by atoms with Crippen molar-refractivity contribution in [2.45, 2.75) is 44.0 Å². The molecule has 1 saturated carbocycles. The summed E-state index contributed by atoms with van der Waals surface area (Å²) >= 11 is 0. The Hall–Kier alpha value is -0.210. The van der Waals surface area contributed by atoms with E-state index in [2.05, 4.69) is 5.32 Å². The summed E-state index contributed by atoms with van der Waals surface area (Å²) in [4.78, 5) is 0. The quantitative estimate of drug-likeness (QED) is 0.600. The Morgan fingerprint density at radius 3 is 2.40 bits per heavy atom. The van der Waals surface area contributed by atoms with Gasteiger partial charge in [-0.1, -0.05) is 0 Å². The number of hydrogen-bond acceptors (Lipinski definition) is 5. The second-order valence-electron chi connectivity index (χ2n) is 5.45. The van der Waals surface area contributed by atoms with Crippen LogP contribution in [0.15, 0.2) is 0 Å². The van der Waals surface area contributed by atoms with Crippen molar-refractivity contribution in [1.29, 1.82) is 0 Å². The molecule has 0 aliphatic heterocycles. The second kappa shape index (κ2) is 8.29. The number of hydrogen-bond donors (Lipinski definition) is 1. The molecule has 0 heterocycles. The Bertz CT molecular complexity index is 371. The van der Waals surface area contributed by atoms with Crippen LogP contribution in [0.1, 0.15) is 26.7 Å². The van der Waals surface area contributed by atoms with Gasteiger partial charge in [0.05, 0.1) is 18.5 Å². The van der Waals surface area contributed by atoms with Gasteiger partial charge in [-0.3, -0.25) is 0 Å². The third-order valence-electron chi connectivity index (χ3n) is 3.52. The van der Waals surface area contributed by atoms with E-state index in [1.54, 1.807) is 21.1 Å². The van der Waals surface area contributed by atoms with Gasteiger partial charge >= 0.3 is 0 Å². The van der Waals surface area contributed by atoms with Gasteiger partial charge in [-0.15, -0.1) is 0 Å². The SMILES string of the molecule is COCCN(C(C)COC)S(=O)(=O)C(C)CNC1CC1. The molecule has 0 spiro atoms. The van der Waals surface area contributed by atoms with Crippen LogP contribution in [0.25, 0.3) is 0 Å². The molecule has 20 heavy (non-hydrogen) atoms. The van der Waals surface area contributed by atoms with Crippen LogP contribution >= 0.6 is 0 Å². The highest BCUT2D eigenvalue weighted by molar-refractivity contribution is 7.89. The van der Waals surface area contributed by atoms with Gasteiger partial charge in [0, 0.05) is 39.4 Å². The van der Waals surface area contributed by atoms with Crippen molar-refractivity contribution in [2.75, 3.05) is 40.5 Å². The predicted octanol–water partition coefficient (Wildman–Crippen LogP) is 0.440. The fraction of sp³-hybridized carbons (Fsp3) is 1.00. The molecule has 0 radical (unpaired) electrons. The number of ether oxygens (including phenoxy) is 2. The van der Waals surface area contributed by atoms with E-state index in [1.807, 2.05) is 6.92 Å². The van der Waals surface area contributed by atoms with Gasteiger partial charge in [-0.25, -0.2) is 8.42 Å². The molecular weight excluding hydrogens is 280 g/mol. The number of rotatable bonds is 11. The number of sulfonamides is 1. The van der Waals surface area contributed by atoms with Gasteiger partial charge in [0.2, 0.25) is 10.0 Å². The van der Waals surface area contributed by atoms with E-state index in [-0.39, 0.29) is 6.04 Å². The molecule has 0 aromatic rings. The maximum Gasteiger partial charge on any atom is 0.218 e. The largest absolute Gasteiger partial charge is 0.383 e. The summed E-state index contributed by atoms with van der Waals surface area (Å²) < 4.78 is 36.9. The second-order valence-corrected chi connectivity index (χ2v) is 7.75. The summed E-state index contributed by atoms with van der Waals surface area (Å²) in [5.74, 6) is 0. The maximum absolute atomic E-state index is 12.7. The third kappa shape index (κ3) is 5.29. The van der Waals surface area contributed by atoms with Crippen molar-refractivity contribution in [3.05, 3.63) is 0 Å². The standard InChI is InChI=1S/C13H28N2O4S/c1-11(10-19-4)15(7-8-18-3)20(16,17)12(2)9-14-13-5-6-13/h11-14H,5-10H2,1-4H3. The molecule has 0 aromatic carbocycles. The summed E-state index contributed by atoms with van der Waals surface area (Å²) in [5.41, 5.74) is 0. The first-order valence-electron chi connectivity index (χ1n) is 7.15. The lowest BCUT2D eigenvalue weighted by Crippen LogP contribution is -2.48. The van der Waals surface area contributed by atoms with Crippen LogP contribution in [0.3, 0.4) is 0 Å².